The minimum Gasteiger partial charge on any atom is -0.475 e. The number of anilines is 2. The highest BCUT2D eigenvalue weighted by atomic mass is 35.7. The summed E-state index contributed by atoms with van der Waals surface area (Å²) in [6.07, 6.45) is -34.9. The average Bonchev–Trinajstić information content (AvgIpc) is 0.772. The van der Waals surface area contributed by atoms with Crippen LogP contribution in [-0.4, -0.2) is 139 Å². The molecule has 0 saturated heterocycles. The minimum absolute atomic E-state index is 0.00819. The number of nitrogens with zero attached hydrogens (tertiary/aromatic N) is 5. The van der Waals surface area contributed by atoms with Crippen molar-refractivity contribution in [3.63, 3.8) is 0 Å². The van der Waals surface area contributed by atoms with Crippen molar-refractivity contribution >= 4 is 76.9 Å². The van der Waals surface area contributed by atoms with Gasteiger partial charge < -0.3 is 52.0 Å². The SMILES string of the molecule is CC(C)(C)OC(=O)N1CCc2cccc(C(F)(F)F)c2C1.FC(F)(F)c1cccc2c1CNCC2.NCCc1cccc(C(F)(F)F)c1.O=C(CCCc1cccc(C(F)(F)F)c1)C(F)(F)F.O=C(N1CCc2cccc(C(F)(F)F)c2C1)C(F)(F)F.O=C(NCc1ccncc1)Nc1ccc(S(=O)(=O)Cl)cc1.O=C(NCc1ccncc1)Nc1ccc(S(=O)(=O)N2CCc3cccc(C(F)(F)F)c3C2)cc1.O=C(O)C(F)(F)F. The molecule has 810 valence electrons. The Morgan fingerprint density at radius 2 is 0.785 bits per heavy atom. The maximum atomic E-state index is 13.4. The number of nitrogens with two attached hydrogens (primary N) is 1. The number of aryl methyl sites for hydroxylation is 1. The number of carboxylic acid groups (broad SMARTS) is 1. The maximum Gasteiger partial charge on any atom is 0.490 e. The number of carbonyl (C=O) groups excluding carboxylic acids is 5. The molecule has 8 N–H and O–H groups in total. The number of pyridine rings is 2. The number of rotatable bonds is 15. The first-order valence-electron chi connectivity index (χ1n) is 43.7. The number of Topliss-reactive ketones (excluding diaryl/α,β-unsaturated/α-hetero) is 1. The number of ketones is 1. The van der Waals surface area contributed by atoms with Gasteiger partial charge in [0.2, 0.25) is 15.8 Å². The Morgan fingerprint density at radius 1 is 0.423 bits per heavy atom. The number of urea groups is 2. The fourth-order valence-corrected chi connectivity index (χ4v) is 16.4. The molecule has 4 aliphatic rings. The van der Waals surface area contributed by atoms with E-state index in [1.807, 2.05) is 0 Å². The quantitative estimate of drug-likeness (QED) is 0.0370. The molecular formula is C96H91ClF27N11O12S2. The number of fused-ring (bicyclic) bond motifs is 4. The predicted octanol–water partition coefficient (Wildman–Crippen LogP) is 23.0. The monoisotopic (exact) mass is 2200 g/mol. The molecule has 23 nitrogen and oxygen atoms in total. The second-order valence-corrected chi connectivity index (χ2v) is 37.7. The molecule has 8 aromatic carbocycles. The van der Waals surface area contributed by atoms with Crippen molar-refractivity contribution in [3.8, 4) is 0 Å². The topological polar surface area (TPSA) is 322 Å². The van der Waals surface area contributed by atoms with Crippen molar-refractivity contribution in [2.75, 3.05) is 43.4 Å². The molecular weight excluding hydrogens is 2110 g/mol. The second kappa shape index (κ2) is 52.2. The standard InChI is InChI=1S/C23H21F3N4O3S.C15H18F3NO2.C13H12ClN3O3S.C12H9F6NO.C12H10F6O.C10H10F3N.C9H10F3N.C2HF3O2/c24-23(25,26)21-3-1-2-17-10-13-30(15-20(17)21)34(32,33)19-6-4-18(5-7-19)29-22(31)28-14-16-8-11-27-12-9-16;1-14(2,3)21-13(20)19-8-7-10-5-4-6-12(11(10)9-19)15(16,17)18;14-21(19,20)12-3-1-11(2-4-12)17-13(18)16-9-10-5-7-15-8-6-10;13-11(14,15)9-3-1-2-7-4-5-19(6-8(7)9)10(20)12(16,17)18;13-11(14,15)9-5-1-3-8(7-9)4-2-6-10(19)12(16,17)18;11-10(12,13)9-3-1-2-7-4-5-14-6-8(7)9;10-9(11,12)8-3-1-2-7(6-8)4-5-13;3-2(4,5)1(6)7/h1-9,11-12H,10,13-15H2,(H2,28,29,31);4-6H,7-9H2,1-3H3;1-8H,9H2,(H2,16,17,18);1-3H,4-6H2;1,3,5,7H,2,4,6H2;1-3,14H,4-6H2;1-3,6H,4-5,13H2;(H,6,7). The van der Waals surface area contributed by atoms with Gasteiger partial charge in [-0.15, -0.1) is 0 Å². The summed E-state index contributed by atoms with van der Waals surface area (Å²) in [5.41, 5.74) is 6.20. The summed E-state index contributed by atoms with van der Waals surface area (Å²) in [4.78, 5) is 75.8. The van der Waals surface area contributed by atoms with Crippen molar-refractivity contribution < 1.29 is 174 Å². The zero-order chi connectivity index (χ0) is 111. The predicted molar refractivity (Wildman–Crippen MR) is 487 cm³/mol. The summed E-state index contributed by atoms with van der Waals surface area (Å²) in [5.74, 6) is -6.73. The van der Waals surface area contributed by atoms with E-state index in [9.17, 15) is 159 Å². The molecule has 6 heterocycles. The van der Waals surface area contributed by atoms with E-state index in [1.165, 1.54) is 102 Å². The number of benzene rings is 8. The smallest absolute Gasteiger partial charge is 0.475 e. The summed E-state index contributed by atoms with van der Waals surface area (Å²) in [7, 11) is -2.58. The Morgan fingerprint density at radius 3 is 1.15 bits per heavy atom. The van der Waals surface area contributed by atoms with Crippen molar-refractivity contribution in [2.45, 2.75) is 182 Å². The lowest BCUT2D eigenvalue weighted by atomic mass is 9.94. The molecule has 0 spiro atoms. The summed E-state index contributed by atoms with van der Waals surface area (Å²) < 4.78 is 388. The number of hydrogen-bond donors (Lipinski definition) is 7. The first-order chi connectivity index (χ1) is 68.9. The van der Waals surface area contributed by atoms with E-state index in [1.54, 1.807) is 94.1 Å². The fraction of sp³-hybridized carbons (Fsp3) is 0.333. The number of carbonyl (C=O) groups is 6. The van der Waals surface area contributed by atoms with Gasteiger partial charge in [0.15, 0.2) is 0 Å². The van der Waals surface area contributed by atoms with Gasteiger partial charge >= 0.3 is 85.6 Å². The van der Waals surface area contributed by atoms with Crippen molar-refractivity contribution in [3.05, 3.63) is 319 Å². The van der Waals surface area contributed by atoms with Gasteiger partial charge in [0.1, 0.15) is 5.60 Å². The molecule has 10 aromatic rings. The Kier molecular flexibility index (Phi) is 43.0. The van der Waals surface area contributed by atoms with E-state index in [2.05, 4.69) is 36.6 Å². The van der Waals surface area contributed by atoms with E-state index < -0.39 is 162 Å². The van der Waals surface area contributed by atoms with E-state index >= 15 is 0 Å². The van der Waals surface area contributed by atoms with Gasteiger partial charge in [0.25, 0.3) is 9.05 Å². The zero-order valence-electron chi connectivity index (χ0n) is 77.9. The second-order valence-electron chi connectivity index (χ2n) is 33.2. The molecule has 0 aliphatic carbocycles. The first-order valence-corrected chi connectivity index (χ1v) is 47.4. The van der Waals surface area contributed by atoms with Crippen LogP contribution in [0.3, 0.4) is 0 Å². The van der Waals surface area contributed by atoms with E-state index in [0.29, 0.717) is 89.5 Å². The van der Waals surface area contributed by atoms with Crippen molar-refractivity contribution in [2.24, 2.45) is 5.73 Å². The number of ether oxygens (including phenoxy) is 1. The molecule has 0 radical (unpaired) electrons. The molecule has 0 unspecified atom stereocenters. The Hall–Kier alpha value is -13.3. The van der Waals surface area contributed by atoms with Crippen LogP contribution in [0, 0.1) is 0 Å². The van der Waals surface area contributed by atoms with Gasteiger partial charge in [-0.25, -0.2) is 36.0 Å². The number of amides is 6. The molecule has 0 atom stereocenters. The Bertz CT molecular complexity index is 6420. The minimum atomic E-state index is -5.08. The van der Waals surface area contributed by atoms with E-state index in [-0.39, 0.29) is 90.5 Å². The lowest BCUT2D eigenvalue weighted by Crippen LogP contribution is -2.44. The Balaban J connectivity index is 0.000000237. The van der Waals surface area contributed by atoms with E-state index in [4.69, 9.17) is 31.1 Å². The fourth-order valence-electron chi connectivity index (χ4n) is 14.2. The van der Waals surface area contributed by atoms with Gasteiger partial charge in [-0.3, -0.25) is 19.6 Å². The molecule has 0 fully saturated rings. The number of sulfonamides is 1. The Labute approximate surface area is 837 Å². The van der Waals surface area contributed by atoms with E-state index in [0.717, 1.165) is 76.1 Å². The maximum absolute atomic E-state index is 13.4. The van der Waals surface area contributed by atoms with Crippen LogP contribution < -0.4 is 32.3 Å². The third-order valence-electron chi connectivity index (χ3n) is 21.3. The van der Waals surface area contributed by atoms with Crippen molar-refractivity contribution in [1.29, 1.82) is 0 Å². The molecule has 149 heavy (non-hydrogen) atoms. The van der Waals surface area contributed by atoms with Crippen LogP contribution >= 0.6 is 10.7 Å². The number of halogens is 28. The number of aliphatic carboxylic acids is 1. The zero-order valence-corrected chi connectivity index (χ0v) is 80.3. The summed E-state index contributed by atoms with van der Waals surface area (Å²) in [6, 6.07) is 42.7. The van der Waals surface area contributed by atoms with Crippen LogP contribution in [0.5, 0.6) is 0 Å². The number of alkyl halides is 27. The normalized spacial score (nSPS) is 13.9. The van der Waals surface area contributed by atoms with Gasteiger partial charge in [0.05, 0.1) is 43.2 Å². The third-order valence-corrected chi connectivity index (χ3v) is 24.5. The summed E-state index contributed by atoms with van der Waals surface area (Å²) >= 11 is 0. The number of carboxylic acids is 1. The highest BCUT2D eigenvalue weighted by Gasteiger charge is 2.47. The van der Waals surface area contributed by atoms with Crippen molar-refractivity contribution in [1.82, 2.24) is 40.0 Å². The highest BCUT2D eigenvalue weighted by Crippen LogP contribution is 2.42. The van der Waals surface area contributed by atoms with Crippen LogP contribution in [0.25, 0.3) is 0 Å². The summed E-state index contributed by atoms with van der Waals surface area (Å²) in [6.45, 7) is 6.37. The first kappa shape index (κ1) is 123. The lowest BCUT2D eigenvalue weighted by molar-refractivity contribution is -0.192. The summed E-state index contributed by atoms with van der Waals surface area (Å²) in [5, 5.41) is 20.6. The van der Waals surface area contributed by atoms with Crippen LogP contribution in [-0.2, 0) is 153 Å². The third kappa shape index (κ3) is 39.6. The molecule has 0 bridgehead atoms. The van der Waals surface area contributed by atoms with Gasteiger partial charge in [-0.05, 0) is 255 Å². The van der Waals surface area contributed by atoms with Gasteiger partial charge in [-0.2, -0.15) is 123 Å². The number of aromatic nitrogens is 2. The molecule has 4 aliphatic heterocycles. The highest BCUT2D eigenvalue weighted by molar-refractivity contribution is 8.13. The number of hydrogen-bond acceptors (Lipinski definition) is 15. The number of nitrogens with one attached hydrogen (secondary N) is 5. The molecule has 2 aromatic heterocycles. The van der Waals surface area contributed by atoms with Crippen LogP contribution in [0.4, 0.5) is 144 Å². The molecule has 14 rings (SSSR count). The van der Waals surface area contributed by atoms with Crippen LogP contribution in [0.1, 0.15) is 134 Å². The lowest BCUT2D eigenvalue weighted by Gasteiger charge is -2.32. The molecule has 53 heteroatoms. The van der Waals surface area contributed by atoms with Gasteiger partial charge in [-0.1, -0.05) is 84.9 Å². The van der Waals surface area contributed by atoms with Crippen LogP contribution in [0.2, 0.25) is 0 Å². The van der Waals surface area contributed by atoms with Gasteiger partial charge in [0, 0.05) is 112 Å². The van der Waals surface area contributed by atoms with Crippen LogP contribution in [0.15, 0.2) is 229 Å². The molecule has 0 saturated carbocycles. The molecule has 6 amide bonds. The largest absolute Gasteiger partial charge is 0.490 e. The average molecular weight is 2200 g/mol.